The lowest BCUT2D eigenvalue weighted by Crippen LogP contribution is -2.46. The first-order valence-corrected chi connectivity index (χ1v) is 14.9. The number of ether oxygens (including phenoxy) is 1. The average Bonchev–Trinajstić information content (AvgIpc) is 2.91. The van der Waals surface area contributed by atoms with Gasteiger partial charge >= 0.3 is 0 Å². The first-order valence-electron chi connectivity index (χ1n) is 12.7. The normalized spacial score (nSPS) is 21.6. The van der Waals surface area contributed by atoms with Gasteiger partial charge in [0.15, 0.2) is 0 Å². The molecular formula is C28H30Cl2N2O4S. The Morgan fingerprint density at radius 1 is 0.838 bits per heavy atom. The van der Waals surface area contributed by atoms with Gasteiger partial charge in [-0.3, -0.25) is 4.79 Å². The molecule has 3 aromatic carbocycles. The van der Waals surface area contributed by atoms with Crippen molar-refractivity contribution in [3.05, 3.63) is 70.7 Å². The highest BCUT2D eigenvalue weighted by molar-refractivity contribution is 7.90. The molecule has 1 aliphatic carbocycles. The number of hydrogen-bond acceptors (Lipinski definition) is 5. The maximum Gasteiger partial charge on any atom is 0.264 e. The molecular weight excluding hydrogens is 531 g/mol. The Morgan fingerprint density at radius 3 is 2.24 bits per heavy atom. The summed E-state index contributed by atoms with van der Waals surface area (Å²) in [5.74, 6) is 0.0420. The molecule has 0 bridgehead atoms. The summed E-state index contributed by atoms with van der Waals surface area (Å²) in [7, 11) is -3.91. The van der Waals surface area contributed by atoms with Gasteiger partial charge in [0.1, 0.15) is 11.9 Å². The number of likely N-dealkylation sites (tertiary alicyclic amines) is 1. The van der Waals surface area contributed by atoms with Crippen LogP contribution in [0.5, 0.6) is 5.75 Å². The monoisotopic (exact) mass is 560 g/mol. The number of piperidine rings is 1. The van der Waals surface area contributed by atoms with Gasteiger partial charge in [0.05, 0.1) is 14.9 Å². The summed E-state index contributed by atoms with van der Waals surface area (Å²) in [5.41, 5.74) is 0. The van der Waals surface area contributed by atoms with Crippen LogP contribution in [0.4, 0.5) is 0 Å². The van der Waals surface area contributed by atoms with Gasteiger partial charge in [-0.05, 0) is 73.6 Å². The highest BCUT2D eigenvalue weighted by Gasteiger charge is 2.33. The standard InChI is InChI=1S/C28H30Cl2N2O4S/c29-26-12-10-24(18-27(26)30)36-23-13-15-32(16-14-23)22-8-5-20(6-9-22)28(33)31-37(34,35)25-11-7-19-3-1-2-4-21(19)17-25/h1-4,7,10-12,17-18,20,22-23H,5-6,8-9,13-16H2,(H,31,33)/t20-,22-. The van der Waals surface area contributed by atoms with Crippen LogP contribution >= 0.6 is 23.2 Å². The van der Waals surface area contributed by atoms with E-state index in [0.717, 1.165) is 55.3 Å². The molecule has 2 aliphatic rings. The molecule has 3 aromatic rings. The lowest BCUT2D eigenvalue weighted by molar-refractivity contribution is -0.124. The van der Waals surface area contributed by atoms with Gasteiger partial charge in [0.25, 0.3) is 10.0 Å². The van der Waals surface area contributed by atoms with Crippen molar-refractivity contribution >= 4 is 49.9 Å². The number of nitrogens with zero attached hydrogens (tertiary/aromatic N) is 1. The van der Waals surface area contributed by atoms with Crippen molar-refractivity contribution < 1.29 is 17.9 Å². The van der Waals surface area contributed by atoms with Gasteiger partial charge < -0.3 is 9.64 Å². The van der Waals surface area contributed by atoms with Crippen LogP contribution < -0.4 is 9.46 Å². The fraction of sp³-hybridized carbons (Fsp3) is 0.393. The topological polar surface area (TPSA) is 75.7 Å². The van der Waals surface area contributed by atoms with Gasteiger partial charge in [-0.25, -0.2) is 13.1 Å². The number of benzene rings is 3. The molecule has 5 rings (SSSR count). The third-order valence-corrected chi connectivity index (χ3v) is 9.60. The number of hydrogen-bond donors (Lipinski definition) is 1. The van der Waals surface area contributed by atoms with Gasteiger partial charge in [-0.1, -0.05) is 53.5 Å². The van der Waals surface area contributed by atoms with E-state index >= 15 is 0 Å². The average molecular weight is 562 g/mol. The minimum Gasteiger partial charge on any atom is -0.490 e. The van der Waals surface area contributed by atoms with E-state index < -0.39 is 15.9 Å². The molecule has 1 saturated heterocycles. The highest BCUT2D eigenvalue weighted by Crippen LogP contribution is 2.32. The van der Waals surface area contributed by atoms with E-state index in [1.165, 1.54) is 0 Å². The van der Waals surface area contributed by atoms with E-state index in [0.29, 0.717) is 28.9 Å². The Morgan fingerprint density at radius 2 is 1.54 bits per heavy atom. The van der Waals surface area contributed by atoms with Gasteiger partial charge in [-0.2, -0.15) is 0 Å². The Hall–Kier alpha value is -2.32. The van der Waals surface area contributed by atoms with Crippen molar-refractivity contribution in [1.82, 2.24) is 9.62 Å². The maximum absolute atomic E-state index is 12.9. The Bertz CT molecular complexity index is 1380. The minimum atomic E-state index is -3.91. The van der Waals surface area contributed by atoms with Crippen LogP contribution in [0.25, 0.3) is 10.8 Å². The molecule has 0 radical (unpaired) electrons. The molecule has 1 saturated carbocycles. The molecule has 196 valence electrons. The summed E-state index contributed by atoms with van der Waals surface area (Å²) >= 11 is 12.1. The largest absolute Gasteiger partial charge is 0.490 e. The van der Waals surface area contributed by atoms with E-state index in [1.807, 2.05) is 30.3 Å². The Balaban J connectivity index is 1.10. The van der Waals surface area contributed by atoms with Crippen molar-refractivity contribution in [2.45, 2.75) is 55.6 Å². The molecule has 1 amide bonds. The van der Waals surface area contributed by atoms with Crippen molar-refractivity contribution in [3.63, 3.8) is 0 Å². The number of amides is 1. The third kappa shape index (κ3) is 6.23. The van der Waals surface area contributed by atoms with Crippen LogP contribution in [0.3, 0.4) is 0 Å². The molecule has 0 aromatic heterocycles. The van der Waals surface area contributed by atoms with E-state index in [-0.39, 0.29) is 16.9 Å². The lowest BCUT2D eigenvalue weighted by atomic mass is 9.84. The summed E-state index contributed by atoms with van der Waals surface area (Å²) in [4.78, 5) is 15.4. The molecule has 1 N–H and O–H groups in total. The van der Waals surface area contributed by atoms with E-state index in [1.54, 1.807) is 30.3 Å². The molecule has 1 heterocycles. The SMILES string of the molecule is O=C(NS(=O)(=O)c1ccc2ccccc2c1)[C@H]1CC[C@H](N2CCC(Oc3ccc(Cl)c(Cl)c3)CC2)CC1. The number of rotatable bonds is 6. The number of fused-ring (bicyclic) bond motifs is 1. The Labute approximate surface area is 227 Å². The molecule has 2 fully saturated rings. The van der Waals surface area contributed by atoms with E-state index in [9.17, 15) is 13.2 Å². The predicted molar refractivity (Wildman–Crippen MR) is 147 cm³/mol. The molecule has 9 heteroatoms. The van der Waals surface area contributed by atoms with Crippen LogP contribution in [-0.4, -0.2) is 44.5 Å². The van der Waals surface area contributed by atoms with Crippen molar-refractivity contribution in [3.8, 4) is 5.75 Å². The maximum atomic E-state index is 12.9. The van der Waals surface area contributed by atoms with Gasteiger partial charge in [0.2, 0.25) is 5.91 Å². The van der Waals surface area contributed by atoms with Crippen LogP contribution in [0.2, 0.25) is 10.0 Å². The Kier molecular flexibility index (Phi) is 7.96. The summed E-state index contributed by atoms with van der Waals surface area (Å²) in [6.45, 7) is 1.87. The molecule has 6 nitrogen and oxygen atoms in total. The molecule has 0 atom stereocenters. The fourth-order valence-corrected chi connectivity index (χ4v) is 6.78. The van der Waals surface area contributed by atoms with Crippen LogP contribution in [-0.2, 0) is 14.8 Å². The number of halogens is 2. The second-order valence-corrected chi connectivity index (χ2v) is 12.4. The summed E-state index contributed by atoms with van der Waals surface area (Å²) < 4.78 is 34.2. The zero-order chi connectivity index (χ0) is 26.0. The number of carbonyl (C=O) groups excluding carboxylic acids is 1. The summed E-state index contributed by atoms with van der Waals surface area (Å²) in [5, 5.41) is 2.78. The van der Waals surface area contributed by atoms with Crippen molar-refractivity contribution in [1.29, 1.82) is 0 Å². The zero-order valence-corrected chi connectivity index (χ0v) is 22.7. The molecule has 1 aliphatic heterocycles. The van der Waals surface area contributed by atoms with Crippen LogP contribution in [0.15, 0.2) is 65.6 Å². The second kappa shape index (κ2) is 11.2. The third-order valence-electron chi connectivity index (χ3n) is 7.52. The quantitative estimate of drug-likeness (QED) is 0.397. The first-order chi connectivity index (χ1) is 17.8. The predicted octanol–water partition coefficient (Wildman–Crippen LogP) is 6.05. The van der Waals surface area contributed by atoms with Gasteiger partial charge in [-0.15, -0.1) is 0 Å². The number of sulfonamides is 1. The summed E-state index contributed by atoms with van der Waals surface area (Å²) in [6.07, 6.45) is 5.11. The van der Waals surface area contributed by atoms with Crippen LogP contribution in [0.1, 0.15) is 38.5 Å². The second-order valence-electron chi connectivity index (χ2n) is 9.91. The van der Waals surface area contributed by atoms with Crippen LogP contribution in [0, 0.1) is 5.92 Å². The molecule has 0 spiro atoms. The smallest absolute Gasteiger partial charge is 0.264 e. The highest BCUT2D eigenvalue weighted by atomic mass is 35.5. The minimum absolute atomic E-state index is 0.110. The zero-order valence-electron chi connectivity index (χ0n) is 20.4. The number of nitrogens with one attached hydrogen (secondary N) is 1. The molecule has 0 unspecified atom stereocenters. The van der Waals surface area contributed by atoms with E-state index in [2.05, 4.69) is 9.62 Å². The lowest BCUT2D eigenvalue weighted by Gasteiger charge is -2.40. The summed E-state index contributed by atoms with van der Waals surface area (Å²) in [6, 6.07) is 18.2. The van der Waals surface area contributed by atoms with Gasteiger partial charge in [0, 0.05) is 31.1 Å². The number of carbonyl (C=O) groups is 1. The fourth-order valence-electron chi connectivity index (χ4n) is 5.41. The molecule has 37 heavy (non-hydrogen) atoms. The van der Waals surface area contributed by atoms with Crippen molar-refractivity contribution in [2.24, 2.45) is 5.92 Å². The first kappa shape index (κ1) is 26.3. The van der Waals surface area contributed by atoms with E-state index in [4.69, 9.17) is 27.9 Å². The van der Waals surface area contributed by atoms with Crippen molar-refractivity contribution in [2.75, 3.05) is 13.1 Å².